The summed E-state index contributed by atoms with van der Waals surface area (Å²) in [6.45, 7) is 0. The van der Waals surface area contributed by atoms with Gasteiger partial charge in [0.1, 0.15) is 28.8 Å². The van der Waals surface area contributed by atoms with Crippen molar-refractivity contribution >= 4 is 40.0 Å². The molecule has 9 nitrogen and oxygen atoms in total. The molecule has 0 aliphatic carbocycles. The Bertz CT molecular complexity index is 1360. The molecule has 3 aromatic heterocycles. The molecular weight excluding hydrogens is 465 g/mol. The highest BCUT2D eigenvalue weighted by Crippen LogP contribution is 2.32. The molecule has 3 heterocycles. The Labute approximate surface area is 189 Å². The molecule has 2 N–H and O–H groups in total. The zero-order chi connectivity index (χ0) is 23.8. The summed E-state index contributed by atoms with van der Waals surface area (Å²) >= 11 is 6.22. The minimum atomic E-state index is -4.74. The van der Waals surface area contributed by atoms with Crippen molar-refractivity contribution in [1.82, 2.24) is 14.5 Å². The lowest BCUT2D eigenvalue weighted by molar-refractivity contribution is -0.605. The Kier molecular flexibility index (Phi) is 5.68. The quantitative estimate of drug-likeness (QED) is 0.326. The third kappa shape index (κ3) is 4.90. The molecule has 1 aromatic carbocycles. The Hall–Kier alpha value is -4.06. The van der Waals surface area contributed by atoms with E-state index < -0.39 is 17.8 Å². The molecule has 0 atom stereocenters. The first-order valence-corrected chi connectivity index (χ1v) is 9.60. The number of anilines is 2. The topological polar surface area (TPSA) is 108 Å². The monoisotopic (exact) mass is 478 g/mol. The van der Waals surface area contributed by atoms with E-state index in [2.05, 4.69) is 20.6 Å². The van der Waals surface area contributed by atoms with Crippen LogP contribution in [0.3, 0.4) is 0 Å². The molecule has 0 saturated carbocycles. The molecule has 33 heavy (non-hydrogen) atoms. The fourth-order valence-corrected chi connectivity index (χ4v) is 3.21. The van der Waals surface area contributed by atoms with Crippen LogP contribution in [0, 0.1) is 5.21 Å². The summed E-state index contributed by atoms with van der Waals surface area (Å²) in [5.74, 6) is 0.634. The SMILES string of the molecule is Cn1ccc2ncnc(Oc3ccc(NC(=O)Nc4cc(C(F)(F)F)c[n+]([O-])c4)c(Cl)c3)c21. The second-order valence-corrected chi connectivity index (χ2v) is 7.24. The maximum absolute atomic E-state index is 12.8. The summed E-state index contributed by atoms with van der Waals surface area (Å²) < 4.78 is 46.1. The van der Waals surface area contributed by atoms with Crippen molar-refractivity contribution in [3.05, 3.63) is 71.0 Å². The largest absolute Gasteiger partial charge is 0.619 e. The Morgan fingerprint density at radius 2 is 1.97 bits per heavy atom. The second-order valence-electron chi connectivity index (χ2n) is 6.83. The molecule has 0 unspecified atom stereocenters. The average Bonchev–Trinajstić information content (AvgIpc) is 3.11. The zero-order valence-electron chi connectivity index (χ0n) is 16.7. The minimum Gasteiger partial charge on any atom is -0.619 e. The number of halogens is 4. The van der Waals surface area contributed by atoms with E-state index in [9.17, 15) is 23.2 Å². The highest BCUT2D eigenvalue weighted by Gasteiger charge is 2.33. The van der Waals surface area contributed by atoms with Crippen LogP contribution in [0.25, 0.3) is 11.0 Å². The van der Waals surface area contributed by atoms with Crippen LogP contribution in [-0.4, -0.2) is 20.6 Å². The van der Waals surface area contributed by atoms with Crippen molar-refractivity contribution in [3.8, 4) is 11.6 Å². The molecular formula is C20H14ClF3N6O3. The molecule has 4 aromatic rings. The number of carbonyl (C=O) groups excluding carboxylic acids is 1. The average molecular weight is 479 g/mol. The van der Waals surface area contributed by atoms with Gasteiger partial charge in [-0.3, -0.25) is 0 Å². The number of pyridine rings is 1. The van der Waals surface area contributed by atoms with Crippen LogP contribution < -0.4 is 20.1 Å². The summed E-state index contributed by atoms with van der Waals surface area (Å²) in [7, 11) is 1.82. The van der Waals surface area contributed by atoms with Gasteiger partial charge >= 0.3 is 12.2 Å². The van der Waals surface area contributed by atoms with Gasteiger partial charge < -0.3 is 25.1 Å². The molecule has 0 radical (unpaired) electrons. The molecule has 0 spiro atoms. The van der Waals surface area contributed by atoms with Crippen molar-refractivity contribution in [2.45, 2.75) is 6.18 Å². The third-order valence-corrected chi connectivity index (χ3v) is 4.77. The number of carbonyl (C=O) groups is 1. The van der Waals surface area contributed by atoms with Gasteiger partial charge in [0.2, 0.25) is 12.1 Å². The molecule has 0 bridgehead atoms. The highest BCUT2D eigenvalue weighted by molar-refractivity contribution is 6.34. The van der Waals surface area contributed by atoms with Crippen molar-refractivity contribution < 1.29 is 27.4 Å². The first-order valence-electron chi connectivity index (χ1n) is 9.22. The first kappa shape index (κ1) is 22.1. The van der Waals surface area contributed by atoms with E-state index in [0.717, 1.165) is 6.20 Å². The summed E-state index contributed by atoms with van der Waals surface area (Å²) in [4.78, 5) is 20.5. The van der Waals surface area contributed by atoms with Crippen LogP contribution in [0.1, 0.15) is 5.56 Å². The maximum atomic E-state index is 12.8. The number of urea groups is 1. The molecule has 0 aliphatic heterocycles. The normalized spacial score (nSPS) is 11.4. The molecule has 170 valence electrons. The standard InChI is InChI=1S/C20H14ClF3N6O3/c1-29-5-4-16-17(29)18(26-10-25-16)33-13-2-3-15(14(21)7-13)28-19(31)27-12-6-11(20(22,23)24)8-30(32)9-12/h2-10H,1H3,(H2,27,28,31). The van der Waals surface area contributed by atoms with Crippen LogP contribution >= 0.6 is 11.6 Å². The summed E-state index contributed by atoms with van der Waals surface area (Å²) in [6.07, 6.45) is -0.421. The van der Waals surface area contributed by atoms with Crippen molar-refractivity contribution in [2.24, 2.45) is 7.05 Å². The summed E-state index contributed by atoms with van der Waals surface area (Å²) in [5, 5.41) is 16.1. The number of aromatic nitrogens is 4. The van der Waals surface area contributed by atoms with Gasteiger partial charge in [-0.15, -0.1) is 0 Å². The fourth-order valence-electron chi connectivity index (χ4n) is 2.99. The van der Waals surface area contributed by atoms with Gasteiger partial charge in [-0.1, -0.05) is 11.6 Å². The number of rotatable bonds is 4. The van der Waals surface area contributed by atoms with Crippen LogP contribution in [-0.2, 0) is 13.2 Å². The number of nitrogens with one attached hydrogen (secondary N) is 2. The van der Waals surface area contributed by atoms with Crippen LogP contribution in [0.2, 0.25) is 5.02 Å². The number of aryl methyl sites for hydroxylation is 1. The number of hydrogen-bond acceptors (Lipinski definition) is 5. The smallest absolute Gasteiger partial charge is 0.422 e. The van der Waals surface area contributed by atoms with E-state index in [4.69, 9.17) is 16.3 Å². The van der Waals surface area contributed by atoms with Crippen molar-refractivity contribution in [1.29, 1.82) is 0 Å². The number of ether oxygens (including phenoxy) is 1. The molecule has 0 aliphatic rings. The van der Waals surface area contributed by atoms with Gasteiger partial charge in [0.15, 0.2) is 6.20 Å². The Balaban J connectivity index is 1.48. The van der Waals surface area contributed by atoms with E-state index in [-0.39, 0.29) is 21.1 Å². The molecule has 2 amide bonds. The van der Waals surface area contributed by atoms with Crippen molar-refractivity contribution in [3.63, 3.8) is 0 Å². The van der Waals surface area contributed by atoms with Gasteiger partial charge in [-0.2, -0.15) is 22.9 Å². The van der Waals surface area contributed by atoms with Crippen LogP contribution in [0.4, 0.5) is 29.3 Å². The molecule has 0 fully saturated rings. The third-order valence-electron chi connectivity index (χ3n) is 4.46. The molecule has 0 saturated heterocycles. The predicted octanol–water partition coefficient (Wildman–Crippen LogP) is 4.71. The number of amides is 2. The Morgan fingerprint density at radius 3 is 2.70 bits per heavy atom. The zero-order valence-corrected chi connectivity index (χ0v) is 17.5. The lowest BCUT2D eigenvalue weighted by atomic mass is 10.2. The Morgan fingerprint density at radius 1 is 1.18 bits per heavy atom. The molecule has 4 rings (SSSR count). The number of hydrogen-bond donors (Lipinski definition) is 2. The molecule has 13 heteroatoms. The van der Waals surface area contributed by atoms with Gasteiger partial charge in [0.25, 0.3) is 0 Å². The maximum Gasteiger partial charge on any atom is 0.422 e. The van der Waals surface area contributed by atoms with E-state index in [1.165, 1.54) is 24.5 Å². The summed E-state index contributed by atoms with van der Waals surface area (Å²) in [6, 6.07) is 5.95. The van der Waals surface area contributed by atoms with E-state index in [1.807, 2.05) is 13.2 Å². The fraction of sp³-hybridized carbons (Fsp3) is 0.100. The van der Waals surface area contributed by atoms with E-state index in [0.29, 0.717) is 34.9 Å². The highest BCUT2D eigenvalue weighted by atomic mass is 35.5. The lowest BCUT2D eigenvalue weighted by Crippen LogP contribution is -2.29. The van der Waals surface area contributed by atoms with Gasteiger partial charge in [0.05, 0.1) is 16.2 Å². The second kappa shape index (κ2) is 8.47. The van der Waals surface area contributed by atoms with Gasteiger partial charge in [-0.25, -0.2) is 9.78 Å². The van der Waals surface area contributed by atoms with E-state index in [1.54, 1.807) is 10.6 Å². The number of alkyl halides is 3. The predicted molar refractivity (Wildman–Crippen MR) is 113 cm³/mol. The van der Waals surface area contributed by atoms with Crippen LogP contribution in [0.15, 0.2) is 55.2 Å². The first-order chi connectivity index (χ1) is 15.6. The van der Waals surface area contributed by atoms with Crippen LogP contribution in [0.5, 0.6) is 11.6 Å². The van der Waals surface area contributed by atoms with Crippen molar-refractivity contribution in [2.75, 3.05) is 10.6 Å². The number of nitrogens with zero attached hydrogens (tertiary/aromatic N) is 4. The minimum absolute atomic E-state index is 0.0472. The van der Waals surface area contributed by atoms with E-state index >= 15 is 0 Å². The summed E-state index contributed by atoms with van der Waals surface area (Å²) in [5.41, 5.74) is -0.0183. The van der Waals surface area contributed by atoms with Gasteiger partial charge in [0, 0.05) is 19.3 Å². The number of benzene rings is 1. The lowest BCUT2D eigenvalue weighted by Gasteiger charge is -2.12. The van der Waals surface area contributed by atoms with Gasteiger partial charge in [-0.05, 0) is 24.3 Å². The number of fused-ring (bicyclic) bond motifs is 1.